The summed E-state index contributed by atoms with van der Waals surface area (Å²) >= 11 is 0. The number of hydrogen-bond donors (Lipinski definition) is 0. The minimum Gasteiger partial charge on any atom is -0.295 e. The fraction of sp³-hybridized carbons (Fsp3) is 0.231. The highest BCUT2D eigenvalue weighted by atomic mass is 15.1. The molecule has 0 spiro atoms. The number of rotatable bonds is 4. The molecule has 0 N–H and O–H groups in total. The lowest BCUT2D eigenvalue weighted by Gasteiger charge is -2.15. The number of aromatic nitrogens is 2. The van der Waals surface area contributed by atoms with Crippen molar-refractivity contribution in [3.8, 4) is 0 Å². The zero-order valence-corrected chi connectivity index (χ0v) is 9.37. The summed E-state index contributed by atoms with van der Waals surface area (Å²) in [5, 5.41) is 0. The maximum Gasteiger partial charge on any atom is 0.0543 e. The van der Waals surface area contributed by atoms with Crippen molar-refractivity contribution in [2.75, 3.05) is 7.05 Å². The van der Waals surface area contributed by atoms with Crippen LogP contribution in [-0.4, -0.2) is 21.9 Å². The zero-order valence-electron chi connectivity index (χ0n) is 9.37. The second-order valence-electron chi connectivity index (χ2n) is 3.81. The fourth-order valence-corrected chi connectivity index (χ4v) is 1.59. The van der Waals surface area contributed by atoms with Gasteiger partial charge in [0.05, 0.1) is 11.4 Å². The van der Waals surface area contributed by atoms with Crippen LogP contribution in [0.25, 0.3) is 0 Å². The van der Waals surface area contributed by atoms with Gasteiger partial charge in [-0.25, -0.2) is 0 Å². The van der Waals surface area contributed by atoms with Gasteiger partial charge in [0.15, 0.2) is 0 Å². The van der Waals surface area contributed by atoms with E-state index < -0.39 is 0 Å². The summed E-state index contributed by atoms with van der Waals surface area (Å²) in [5.74, 6) is 0. The van der Waals surface area contributed by atoms with Crippen LogP contribution in [-0.2, 0) is 13.1 Å². The fourth-order valence-electron chi connectivity index (χ4n) is 1.59. The van der Waals surface area contributed by atoms with Crippen molar-refractivity contribution >= 4 is 0 Å². The van der Waals surface area contributed by atoms with Crippen molar-refractivity contribution in [3.63, 3.8) is 0 Å². The SMILES string of the molecule is CN(Cc1ccccn1)Cc1ccccn1. The lowest BCUT2D eigenvalue weighted by molar-refractivity contribution is 0.311. The average molecular weight is 213 g/mol. The summed E-state index contributed by atoms with van der Waals surface area (Å²) in [5.41, 5.74) is 2.17. The standard InChI is InChI=1S/C13H15N3/c1-16(10-12-6-2-4-8-14-12)11-13-7-3-5-9-15-13/h2-9H,10-11H2,1H3. The molecule has 3 nitrogen and oxygen atoms in total. The van der Waals surface area contributed by atoms with Gasteiger partial charge in [0.25, 0.3) is 0 Å². The Morgan fingerprint density at radius 3 is 1.75 bits per heavy atom. The summed E-state index contributed by atoms with van der Waals surface area (Å²) in [6, 6.07) is 12.0. The van der Waals surface area contributed by atoms with Gasteiger partial charge in [0.1, 0.15) is 0 Å². The first-order valence-corrected chi connectivity index (χ1v) is 5.33. The predicted molar refractivity (Wildman–Crippen MR) is 63.6 cm³/mol. The van der Waals surface area contributed by atoms with E-state index in [0.29, 0.717) is 0 Å². The van der Waals surface area contributed by atoms with E-state index in [1.165, 1.54) is 0 Å². The highest BCUT2D eigenvalue weighted by Crippen LogP contribution is 2.03. The quantitative estimate of drug-likeness (QED) is 0.779. The van der Waals surface area contributed by atoms with Crippen LogP contribution in [0.3, 0.4) is 0 Å². The van der Waals surface area contributed by atoms with Gasteiger partial charge in [0.2, 0.25) is 0 Å². The van der Waals surface area contributed by atoms with E-state index in [4.69, 9.17) is 0 Å². The van der Waals surface area contributed by atoms with Crippen LogP contribution in [0.1, 0.15) is 11.4 Å². The largest absolute Gasteiger partial charge is 0.295 e. The second kappa shape index (κ2) is 5.37. The second-order valence-corrected chi connectivity index (χ2v) is 3.81. The molecule has 0 aromatic carbocycles. The van der Waals surface area contributed by atoms with Crippen molar-refractivity contribution in [1.82, 2.24) is 14.9 Å². The smallest absolute Gasteiger partial charge is 0.0543 e. The molecule has 0 aliphatic carbocycles. The van der Waals surface area contributed by atoms with Gasteiger partial charge in [-0.2, -0.15) is 0 Å². The third-order valence-electron chi connectivity index (χ3n) is 2.32. The highest BCUT2D eigenvalue weighted by Gasteiger charge is 2.02. The van der Waals surface area contributed by atoms with Gasteiger partial charge in [-0.05, 0) is 31.3 Å². The molecule has 2 aromatic heterocycles. The predicted octanol–water partition coefficient (Wildman–Crippen LogP) is 2.11. The molecule has 3 heteroatoms. The van der Waals surface area contributed by atoms with Crippen LogP contribution >= 0.6 is 0 Å². The number of pyridine rings is 2. The lowest BCUT2D eigenvalue weighted by Crippen LogP contribution is -2.18. The Balaban J connectivity index is 1.92. The molecule has 0 amide bonds. The van der Waals surface area contributed by atoms with Gasteiger partial charge in [-0.3, -0.25) is 14.9 Å². The topological polar surface area (TPSA) is 29.0 Å². The van der Waals surface area contributed by atoms with Gasteiger partial charge in [-0.1, -0.05) is 12.1 Å². The first kappa shape index (κ1) is 10.8. The van der Waals surface area contributed by atoms with Crippen LogP contribution in [0.4, 0.5) is 0 Å². The van der Waals surface area contributed by atoms with Crippen molar-refractivity contribution < 1.29 is 0 Å². The number of hydrogen-bond acceptors (Lipinski definition) is 3. The molecule has 0 radical (unpaired) electrons. The first-order valence-electron chi connectivity index (χ1n) is 5.33. The highest BCUT2D eigenvalue weighted by molar-refractivity contribution is 5.05. The van der Waals surface area contributed by atoms with Crippen LogP contribution in [0.2, 0.25) is 0 Å². The van der Waals surface area contributed by atoms with Gasteiger partial charge in [-0.15, -0.1) is 0 Å². The molecule has 0 bridgehead atoms. The molecule has 2 rings (SSSR count). The average Bonchev–Trinajstić information content (AvgIpc) is 2.31. The molecule has 0 aliphatic heterocycles. The van der Waals surface area contributed by atoms with Crippen LogP contribution in [0.15, 0.2) is 48.8 Å². The minimum atomic E-state index is 0.845. The summed E-state index contributed by atoms with van der Waals surface area (Å²) in [6.07, 6.45) is 3.65. The third kappa shape index (κ3) is 3.14. The third-order valence-corrected chi connectivity index (χ3v) is 2.32. The molecule has 0 saturated carbocycles. The maximum atomic E-state index is 4.30. The van der Waals surface area contributed by atoms with Crippen LogP contribution in [0, 0.1) is 0 Å². The van der Waals surface area contributed by atoms with E-state index in [2.05, 4.69) is 21.9 Å². The summed E-state index contributed by atoms with van der Waals surface area (Å²) < 4.78 is 0. The Morgan fingerprint density at radius 2 is 1.38 bits per heavy atom. The molecular formula is C13H15N3. The zero-order chi connectivity index (χ0) is 11.2. The molecule has 2 heterocycles. The van der Waals surface area contributed by atoms with Gasteiger partial charge < -0.3 is 0 Å². The summed E-state index contributed by atoms with van der Waals surface area (Å²) in [7, 11) is 2.07. The molecule has 0 unspecified atom stereocenters. The normalized spacial score (nSPS) is 10.6. The molecule has 2 aromatic rings. The van der Waals surface area contributed by atoms with Crippen molar-refractivity contribution in [1.29, 1.82) is 0 Å². The van der Waals surface area contributed by atoms with Crippen molar-refractivity contribution in [3.05, 3.63) is 60.2 Å². The molecule has 82 valence electrons. The molecule has 16 heavy (non-hydrogen) atoms. The first-order chi connectivity index (χ1) is 7.84. The van der Waals surface area contributed by atoms with E-state index in [0.717, 1.165) is 24.5 Å². The molecule has 0 saturated heterocycles. The van der Waals surface area contributed by atoms with E-state index in [-0.39, 0.29) is 0 Å². The Hall–Kier alpha value is -1.74. The molecule has 0 atom stereocenters. The van der Waals surface area contributed by atoms with E-state index in [9.17, 15) is 0 Å². The Kier molecular flexibility index (Phi) is 3.62. The van der Waals surface area contributed by atoms with E-state index in [1.54, 1.807) is 0 Å². The summed E-state index contributed by atoms with van der Waals surface area (Å²) in [4.78, 5) is 10.8. The van der Waals surface area contributed by atoms with Crippen LogP contribution < -0.4 is 0 Å². The maximum absolute atomic E-state index is 4.30. The van der Waals surface area contributed by atoms with Gasteiger partial charge in [0, 0.05) is 25.5 Å². The molecule has 0 aliphatic rings. The lowest BCUT2D eigenvalue weighted by atomic mass is 10.3. The Labute approximate surface area is 95.8 Å². The molecule has 0 fully saturated rings. The van der Waals surface area contributed by atoms with Gasteiger partial charge >= 0.3 is 0 Å². The minimum absolute atomic E-state index is 0.845. The monoisotopic (exact) mass is 213 g/mol. The Bertz CT molecular complexity index is 372. The van der Waals surface area contributed by atoms with E-state index in [1.807, 2.05) is 48.8 Å². The number of nitrogens with zero attached hydrogens (tertiary/aromatic N) is 3. The van der Waals surface area contributed by atoms with E-state index >= 15 is 0 Å². The van der Waals surface area contributed by atoms with Crippen molar-refractivity contribution in [2.24, 2.45) is 0 Å². The molecular weight excluding hydrogens is 198 g/mol. The summed E-state index contributed by atoms with van der Waals surface area (Å²) in [6.45, 7) is 1.69. The van der Waals surface area contributed by atoms with Crippen LogP contribution in [0.5, 0.6) is 0 Å². The van der Waals surface area contributed by atoms with Crippen molar-refractivity contribution in [2.45, 2.75) is 13.1 Å². The Morgan fingerprint density at radius 1 is 0.875 bits per heavy atom.